The maximum atomic E-state index is 12.7. The lowest BCUT2D eigenvalue weighted by Gasteiger charge is -2.37. The number of halogens is 1. The molecule has 0 aliphatic carbocycles. The smallest absolute Gasteiger partial charge is 0.257 e. The standard InChI is InChI=1S/C23H29ClN4O2S/c1-4-27-11-13-28(14-12-27)21-19(24)9-6-10-20(21)25-23(31)26-22(29)17-7-5-8-18(15-17)30-16(2)3/h5-10,15-16H,4,11-14H2,1-3H3,(H2,25,26,29,31). The van der Waals surface area contributed by atoms with Gasteiger partial charge in [-0.25, -0.2) is 0 Å². The topological polar surface area (TPSA) is 56.8 Å². The van der Waals surface area contributed by atoms with Crippen LogP contribution >= 0.6 is 23.8 Å². The molecule has 1 aliphatic rings. The van der Waals surface area contributed by atoms with Crippen LogP contribution in [0.2, 0.25) is 5.02 Å². The summed E-state index contributed by atoms with van der Waals surface area (Å²) in [5.41, 5.74) is 2.16. The van der Waals surface area contributed by atoms with Gasteiger partial charge in [-0.15, -0.1) is 0 Å². The van der Waals surface area contributed by atoms with E-state index < -0.39 is 0 Å². The van der Waals surface area contributed by atoms with Crippen molar-refractivity contribution < 1.29 is 9.53 Å². The molecule has 6 nitrogen and oxygen atoms in total. The molecule has 1 saturated heterocycles. The van der Waals surface area contributed by atoms with Crippen molar-refractivity contribution in [1.82, 2.24) is 10.2 Å². The highest BCUT2D eigenvalue weighted by molar-refractivity contribution is 7.80. The number of nitrogens with zero attached hydrogens (tertiary/aromatic N) is 2. The number of amides is 1. The van der Waals surface area contributed by atoms with E-state index in [0.29, 0.717) is 16.3 Å². The number of anilines is 2. The first kappa shape index (κ1) is 23.3. The number of thiocarbonyl (C=S) groups is 1. The third-order valence-corrected chi connectivity index (χ3v) is 5.57. The molecule has 0 radical (unpaired) electrons. The van der Waals surface area contributed by atoms with Crippen LogP contribution in [0.25, 0.3) is 0 Å². The van der Waals surface area contributed by atoms with E-state index in [2.05, 4.69) is 27.4 Å². The predicted molar refractivity (Wildman–Crippen MR) is 132 cm³/mol. The monoisotopic (exact) mass is 460 g/mol. The van der Waals surface area contributed by atoms with Gasteiger partial charge in [-0.2, -0.15) is 0 Å². The zero-order valence-corrected chi connectivity index (χ0v) is 19.7. The fourth-order valence-electron chi connectivity index (χ4n) is 3.54. The van der Waals surface area contributed by atoms with Crippen LogP contribution in [0, 0.1) is 0 Å². The average molecular weight is 461 g/mol. The number of rotatable bonds is 6. The average Bonchev–Trinajstić information content (AvgIpc) is 2.74. The Bertz CT molecular complexity index is 930. The van der Waals surface area contributed by atoms with E-state index in [1.165, 1.54) is 0 Å². The predicted octanol–water partition coefficient (Wildman–Crippen LogP) is 4.40. The van der Waals surface area contributed by atoms with Gasteiger partial charge < -0.3 is 19.9 Å². The molecule has 3 rings (SSSR count). The summed E-state index contributed by atoms with van der Waals surface area (Å²) in [4.78, 5) is 17.3. The second-order valence-electron chi connectivity index (χ2n) is 7.66. The van der Waals surface area contributed by atoms with Crippen molar-refractivity contribution in [1.29, 1.82) is 0 Å². The molecular weight excluding hydrogens is 432 g/mol. The van der Waals surface area contributed by atoms with E-state index in [9.17, 15) is 4.79 Å². The first-order valence-corrected chi connectivity index (χ1v) is 11.3. The Morgan fingerprint density at radius 3 is 2.55 bits per heavy atom. The van der Waals surface area contributed by atoms with Crippen molar-refractivity contribution in [3.8, 4) is 5.75 Å². The van der Waals surface area contributed by atoms with Gasteiger partial charge in [0.05, 0.1) is 22.5 Å². The van der Waals surface area contributed by atoms with Gasteiger partial charge in [0.1, 0.15) is 5.75 Å². The fraction of sp³-hybridized carbons (Fsp3) is 0.391. The Morgan fingerprint density at radius 1 is 1.16 bits per heavy atom. The first-order valence-electron chi connectivity index (χ1n) is 10.5. The van der Waals surface area contributed by atoms with Gasteiger partial charge in [0.25, 0.3) is 5.91 Å². The highest BCUT2D eigenvalue weighted by atomic mass is 35.5. The molecule has 1 fully saturated rings. The summed E-state index contributed by atoms with van der Waals surface area (Å²) >= 11 is 11.9. The number of benzene rings is 2. The van der Waals surface area contributed by atoms with Gasteiger partial charge in [-0.3, -0.25) is 10.1 Å². The molecule has 2 aromatic rings. The van der Waals surface area contributed by atoms with E-state index >= 15 is 0 Å². The number of likely N-dealkylation sites (N-methyl/N-ethyl adjacent to an activating group) is 1. The van der Waals surface area contributed by atoms with Crippen molar-refractivity contribution in [2.24, 2.45) is 0 Å². The minimum absolute atomic E-state index is 0.0292. The minimum atomic E-state index is -0.299. The van der Waals surface area contributed by atoms with Crippen LogP contribution in [0.1, 0.15) is 31.1 Å². The van der Waals surface area contributed by atoms with Crippen molar-refractivity contribution in [3.05, 3.63) is 53.1 Å². The van der Waals surface area contributed by atoms with Gasteiger partial charge >= 0.3 is 0 Å². The summed E-state index contributed by atoms with van der Waals surface area (Å²) in [7, 11) is 0. The zero-order valence-electron chi connectivity index (χ0n) is 18.2. The van der Waals surface area contributed by atoms with Gasteiger partial charge in [-0.05, 0) is 62.9 Å². The summed E-state index contributed by atoms with van der Waals surface area (Å²) in [6.07, 6.45) is 0.0292. The van der Waals surface area contributed by atoms with Crippen molar-refractivity contribution >= 4 is 46.2 Å². The minimum Gasteiger partial charge on any atom is -0.491 e. The third-order valence-electron chi connectivity index (χ3n) is 5.07. The largest absolute Gasteiger partial charge is 0.491 e. The number of hydrogen-bond donors (Lipinski definition) is 2. The van der Waals surface area contributed by atoms with Crippen LogP contribution < -0.4 is 20.3 Å². The number of ether oxygens (including phenoxy) is 1. The molecule has 0 bridgehead atoms. The molecule has 31 heavy (non-hydrogen) atoms. The molecule has 1 heterocycles. The Kier molecular flexibility index (Phi) is 8.12. The van der Waals surface area contributed by atoms with Crippen LogP contribution in [-0.4, -0.2) is 54.7 Å². The molecule has 2 aromatic carbocycles. The van der Waals surface area contributed by atoms with Gasteiger partial charge in [0.2, 0.25) is 0 Å². The molecule has 2 N–H and O–H groups in total. The zero-order chi connectivity index (χ0) is 22.4. The normalized spacial score (nSPS) is 14.4. The molecular formula is C23H29ClN4O2S. The number of nitrogens with one attached hydrogen (secondary N) is 2. The molecule has 8 heteroatoms. The fourth-order valence-corrected chi connectivity index (χ4v) is 4.03. The van der Waals surface area contributed by atoms with E-state index in [-0.39, 0.29) is 17.1 Å². The molecule has 0 saturated carbocycles. The van der Waals surface area contributed by atoms with Crippen LogP contribution in [-0.2, 0) is 0 Å². The van der Waals surface area contributed by atoms with E-state index in [0.717, 1.165) is 44.1 Å². The second kappa shape index (κ2) is 10.8. The van der Waals surface area contributed by atoms with Gasteiger partial charge in [0.15, 0.2) is 5.11 Å². The van der Waals surface area contributed by atoms with Gasteiger partial charge in [-0.1, -0.05) is 30.7 Å². The number of piperazine rings is 1. The van der Waals surface area contributed by atoms with Crippen LogP contribution in [0.3, 0.4) is 0 Å². The maximum absolute atomic E-state index is 12.7. The summed E-state index contributed by atoms with van der Waals surface area (Å²) in [5, 5.41) is 6.77. The summed E-state index contributed by atoms with van der Waals surface area (Å²) < 4.78 is 5.67. The summed E-state index contributed by atoms with van der Waals surface area (Å²) in [6, 6.07) is 12.7. The summed E-state index contributed by atoms with van der Waals surface area (Å²) in [6.45, 7) is 10.8. The molecule has 0 spiro atoms. The lowest BCUT2D eigenvalue weighted by molar-refractivity contribution is 0.0977. The molecule has 1 amide bonds. The SMILES string of the molecule is CCN1CCN(c2c(Cl)cccc2NC(=S)NC(=O)c2cccc(OC(C)C)c2)CC1. The number of carbonyl (C=O) groups excluding carboxylic acids is 1. The molecule has 166 valence electrons. The quantitative estimate of drug-likeness (QED) is 0.623. The van der Waals surface area contributed by atoms with Crippen molar-refractivity contribution in [3.63, 3.8) is 0 Å². The maximum Gasteiger partial charge on any atom is 0.257 e. The van der Waals surface area contributed by atoms with E-state index in [1.54, 1.807) is 18.2 Å². The Balaban J connectivity index is 1.68. The molecule has 0 unspecified atom stereocenters. The highest BCUT2D eigenvalue weighted by Crippen LogP contribution is 2.34. The van der Waals surface area contributed by atoms with Crippen molar-refractivity contribution in [2.45, 2.75) is 26.9 Å². The van der Waals surface area contributed by atoms with Gasteiger partial charge in [0, 0.05) is 31.7 Å². The second-order valence-corrected chi connectivity index (χ2v) is 8.48. The Hall–Kier alpha value is -2.35. The molecule has 1 aliphatic heterocycles. The lowest BCUT2D eigenvalue weighted by atomic mass is 10.2. The first-order chi connectivity index (χ1) is 14.9. The molecule has 0 aromatic heterocycles. The number of carbonyl (C=O) groups is 1. The third kappa shape index (κ3) is 6.32. The summed E-state index contributed by atoms with van der Waals surface area (Å²) in [5.74, 6) is 0.344. The highest BCUT2D eigenvalue weighted by Gasteiger charge is 2.21. The van der Waals surface area contributed by atoms with Crippen molar-refractivity contribution in [2.75, 3.05) is 42.9 Å². The Morgan fingerprint density at radius 2 is 1.87 bits per heavy atom. The van der Waals surface area contributed by atoms with Crippen LogP contribution in [0.4, 0.5) is 11.4 Å². The van der Waals surface area contributed by atoms with E-state index in [4.69, 9.17) is 28.6 Å². The van der Waals surface area contributed by atoms with Crippen LogP contribution in [0.15, 0.2) is 42.5 Å². The number of hydrogen-bond acceptors (Lipinski definition) is 5. The lowest BCUT2D eigenvalue weighted by Crippen LogP contribution is -2.46. The van der Waals surface area contributed by atoms with Crippen LogP contribution in [0.5, 0.6) is 5.75 Å². The number of para-hydroxylation sites is 1. The Labute approximate surface area is 194 Å². The molecule has 0 atom stereocenters. The van der Waals surface area contributed by atoms with E-state index in [1.807, 2.05) is 38.1 Å².